The van der Waals surface area contributed by atoms with Gasteiger partial charge in [0.2, 0.25) is 11.9 Å². The third kappa shape index (κ3) is 6.82. The van der Waals surface area contributed by atoms with E-state index < -0.39 is 13.6 Å². The maximum Gasteiger partial charge on any atom is 0.524 e. The zero-order chi connectivity index (χ0) is 26.6. The molecule has 1 aliphatic rings. The molecule has 0 unspecified atom stereocenters. The number of hydrogen-bond acceptors (Lipinski definition) is 8. The fourth-order valence-corrected chi connectivity index (χ4v) is 4.23. The van der Waals surface area contributed by atoms with Crippen molar-refractivity contribution in [3.05, 3.63) is 66.1 Å². The quantitative estimate of drug-likeness (QED) is 0.239. The van der Waals surface area contributed by atoms with E-state index in [0.717, 1.165) is 12.1 Å². The predicted molar refractivity (Wildman–Crippen MR) is 137 cm³/mol. The normalized spacial score (nSPS) is 13.7. The number of nitrogens with one attached hydrogen (secondary N) is 2. The summed E-state index contributed by atoms with van der Waals surface area (Å²) in [5, 5.41) is 5.68. The van der Waals surface area contributed by atoms with E-state index in [1.165, 1.54) is 12.3 Å². The molecule has 37 heavy (non-hydrogen) atoms. The number of nitrogens with zero attached hydrogens (tertiary/aromatic N) is 3. The first-order chi connectivity index (χ1) is 17.6. The summed E-state index contributed by atoms with van der Waals surface area (Å²) in [4.78, 5) is 40.5. The van der Waals surface area contributed by atoms with Crippen LogP contribution in [0.25, 0.3) is 11.3 Å². The van der Waals surface area contributed by atoms with E-state index in [-0.39, 0.29) is 34.0 Å². The molecule has 1 fully saturated rings. The van der Waals surface area contributed by atoms with Gasteiger partial charge in [0, 0.05) is 36.1 Å². The summed E-state index contributed by atoms with van der Waals surface area (Å²) in [7, 11) is -5.00. The number of carbonyl (C=O) groups is 1. The minimum Gasteiger partial charge on any atom is -0.402 e. The second-order valence-electron chi connectivity index (χ2n) is 7.78. The van der Waals surface area contributed by atoms with Crippen LogP contribution in [0.15, 0.2) is 55.3 Å². The van der Waals surface area contributed by atoms with Crippen LogP contribution in [-0.2, 0) is 14.1 Å². The van der Waals surface area contributed by atoms with E-state index in [1.807, 2.05) is 0 Å². The van der Waals surface area contributed by atoms with Crippen molar-refractivity contribution >= 4 is 48.3 Å². The molecule has 0 aliphatic carbocycles. The van der Waals surface area contributed by atoms with Crippen LogP contribution in [0.2, 0.25) is 5.02 Å². The van der Waals surface area contributed by atoms with E-state index in [2.05, 4.69) is 27.2 Å². The van der Waals surface area contributed by atoms with E-state index in [0.29, 0.717) is 43.2 Å². The maximum atomic E-state index is 15.2. The first kappa shape index (κ1) is 26.5. The zero-order valence-electron chi connectivity index (χ0n) is 19.2. The summed E-state index contributed by atoms with van der Waals surface area (Å²) in [5.41, 5.74) is 1.38. The zero-order valence-corrected chi connectivity index (χ0v) is 20.9. The number of carbonyl (C=O) groups excluding carboxylic acids is 1. The third-order valence-corrected chi connectivity index (χ3v) is 5.87. The van der Waals surface area contributed by atoms with E-state index >= 15 is 4.39 Å². The summed E-state index contributed by atoms with van der Waals surface area (Å²) in [6.07, 6.45) is 2.48. The number of hydrogen-bond donors (Lipinski definition) is 4. The van der Waals surface area contributed by atoms with Gasteiger partial charge < -0.3 is 24.8 Å². The molecule has 11 nitrogen and oxygen atoms in total. The Kier molecular flexibility index (Phi) is 8.06. The van der Waals surface area contributed by atoms with Crippen molar-refractivity contribution in [2.24, 2.45) is 0 Å². The largest absolute Gasteiger partial charge is 0.524 e. The lowest BCUT2D eigenvalue weighted by atomic mass is 10.1. The Bertz CT molecular complexity index is 1380. The Labute approximate surface area is 216 Å². The molecule has 0 spiro atoms. The molecule has 2 aromatic carbocycles. The topological polar surface area (TPSA) is 146 Å². The van der Waals surface area contributed by atoms with E-state index in [9.17, 15) is 19.1 Å². The van der Waals surface area contributed by atoms with Crippen molar-refractivity contribution in [2.75, 3.05) is 41.8 Å². The average Bonchev–Trinajstić information content (AvgIpc) is 2.84. The van der Waals surface area contributed by atoms with E-state index in [1.54, 1.807) is 29.2 Å². The molecule has 4 N–H and O–H groups in total. The summed E-state index contributed by atoms with van der Waals surface area (Å²) in [6.45, 7) is 4.71. The van der Waals surface area contributed by atoms with Gasteiger partial charge in [-0.05, 0) is 24.3 Å². The number of rotatable bonds is 8. The number of phosphoric acid groups is 1. The molecular weight excluding hydrogens is 528 g/mol. The van der Waals surface area contributed by atoms with Crippen LogP contribution in [0, 0.1) is 5.82 Å². The molecular formula is C23H22ClFN5O6P. The highest BCUT2D eigenvalue weighted by atomic mass is 35.5. The lowest BCUT2D eigenvalue weighted by molar-refractivity contribution is -0.111. The van der Waals surface area contributed by atoms with Gasteiger partial charge in [0.1, 0.15) is 5.69 Å². The number of aromatic nitrogens is 2. The van der Waals surface area contributed by atoms with Crippen molar-refractivity contribution in [1.82, 2.24) is 9.97 Å². The van der Waals surface area contributed by atoms with Gasteiger partial charge in [-0.15, -0.1) is 0 Å². The molecule has 0 bridgehead atoms. The summed E-state index contributed by atoms with van der Waals surface area (Å²) in [5.74, 6) is -1.47. The monoisotopic (exact) mass is 549 g/mol. The van der Waals surface area contributed by atoms with Crippen LogP contribution in [0.4, 0.5) is 27.4 Å². The molecule has 0 atom stereocenters. The fourth-order valence-electron chi connectivity index (χ4n) is 3.63. The molecule has 0 radical (unpaired) electrons. The Balaban J connectivity index is 1.66. The Morgan fingerprint density at radius 1 is 1.24 bits per heavy atom. The van der Waals surface area contributed by atoms with Crippen molar-refractivity contribution < 1.29 is 32.8 Å². The second-order valence-corrected chi connectivity index (χ2v) is 9.35. The van der Waals surface area contributed by atoms with Crippen molar-refractivity contribution in [3.8, 4) is 17.0 Å². The van der Waals surface area contributed by atoms with Crippen molar-refractivity contribution in [2.45, 2.75) is 0 Å². The van der Waals surface area contributed by atoms with Gasteiger partial charge in [-0.2, -0.15) is 0 Å². The molecule has 4 rings (SSSR count). The van der Waals surface area contributed by atoms with Crippen molar-refractivity contribution in [1.29, 1.82) is 0 Å². The van der Waals surface area contributed by atoms with Gasteiger partial charge >= 0.3 is 7.82 Å². The lowest BCUT2D eigenvalue weighted by Crippen LogP contribution is -2.37. The van der Waals surface area contributed by atoms with Gasteiger partial charge in [0.15, 0.2) is 11.6 Å². The van der Waals surface area contributed by atoms with Crippen LogP contribution in [-0.4, -0.2) is 52.0 Å². The number of benzene rings is 2. The molecule has 0 saturated carbocycles. The number of halogens is 2. The first-order valence-corrected chi connectivity index (χ1v) is 12.8. The smallest absolute Gasteiger partial charge is 0.402 e. The third-order valence-electron chi connectivity index (χ3n) is 5.16. The van der Waals surface area contributed by atoms with Crippen LogP contribution < -0.4 is 20.1 Å². The minimum atomic E-state index is -5.00. The minimum absolute atomic E-state index is 0.0283. The number of morpholine rings is 1. The lowest BCUT2D eigenvalue weighted by Gasteiger charge is -2.30. The predicted octanol–water partition coefficient (Wildman–Crippen LogP) is 4.11. The summed E-state index contributed by atoms with van der Waals surface area (Å²) >= 11 is 6.31. The van der Waals surface area contributed by atoms with Gasteiger partial charge in [0.25, 0.3) is 0 Å². The molecule has 2 heterocycles. The molecule has 194 valence electrons. The fraction of sp³-hybridized carbons (Fsp3) is 0.174. The average molecular weight is 550 g/mol. The molecule has 1 aromatic heterocycles. The molecule has 1 aliphatic heterocycles. The summed E-state index contributed by atoms with van der Waals surface area (Å²) < 4.78 is 36.9. The number of anilines is 4. The van der Waals surface area contributed by atoms with E-state index in [4.69, 9.17) is 20.9 Å². The first-order valence-electron chi connectivity index (χ1n) is 10.9. The van der Waals surface area contributed by atoms with Gasteiger partial charge in [-0.1, -0.05) is 30.3 Å². The highest BCUT2D eigenvalue weighted by Crippen LogP contribution is 2.45. The Morgan fingerprint density at radius 2 is 2.00 bits per heavy atom. The van der Waals surface area contributed by atoms with Gasteiger partial charge in [0.05, 0.1) is 30.1 Å². The molecule has 14 heteroatoms. The number of ether oxygens (including phenoxy) is 1. The van der Waals surface area contributed by atoms with Crippen LogP contribution in [0.1, 0.15) is 0 Å². The molecule has 3 aromatic rings. The maximum absolute atomic E-state index is 15.2. The van der Waals surface area contributed by atoms with Crippen LogP contribution >= 0.6 is 19.4 Å². The van der Waals surface area contributed by atoms with Crippen LogP contribution in [0.5, 0.6) is 5.75 Å². The molecule has 1 amide bonds. The Morgan fingerprint density at radius 3 is 2.70 bits per heavy atom. The number of amides is 1. The SMILES string of the molecule is C=CC(=O)Nc1cccc(-c2nc(Nc3cc(F)c(N4CCOCC4)c(OP(=O)(O)O)c3)ncc2Cl)c1. The highest BCUT2D eigenvalue weighted by Gasteiger charge is 2.26. The Hall–Kier alpha value is -3.54. The highest BCUT2D eigenvalue weighted by molar-refractivity contribution is 7.46. The second kappa shape index (κ2) is 11.2. The van der Waals surface area contributed by atoms with Crippen LogP contribution in [0.3, 0.4) is 0 Å². The number of phosphoric ester groups is 1. The molecule has 1 saturated heterocycles. The van der Waals surface area contributed by atoms with Gasteiger partial charge in [-0.3, -0.25) is 14.6 Å². The van der Waals surface area contributed by atoms with Crippen molar-refractivity contribution in [3.63, 3.8) is 0 Å². The standard InChI is InChI=1S/C23H22ClFN5O6P/c1-2-20(31)27-15-5-3-4-14(10-15)21-17(24)13-26-23(29-21)28-16-11-18(25)22(30-6-8-35-9-7-30)19(12-16)36-37(32,33)34/h2-5,10-13H,1,6-9H2,(H,27,31)(H,26,28,29)(H2,32,33,34). The van der Waals surface area contributed by atoms with Gasteiger partial charge in [-0.25, -0.2) is 18.9 Å². The summed E-state index contributed by atoms with van der Waals surface area (Å²) in [6, 6.07) is 9.15.